The largest absolute Gasteiger partial charge is 0.339 e. The SMILES string of the molecule is O=C(c1ccccc1NS(=O)(=O)c1ccc(F)cc1F)N1CCCC1. The third kappa shape index (κ3) is 3.63. The number of likely N-dealkylation sites (tertiary alicyclic amines) is 1. The Morgan fingerprint density at radius 2 is 1.72 bits per heavy atom. The minimum atomic E-state index is -4.30. The van der Waals surface area contributed by atoms with Gasteiger partial charge in [-0.15, -0.1) is 0 Å². The molecule has 1 amide bonds. The van der Waals surface area contributed by atoms with E-state index < -0.39 is 26.6 Å². The molecule has 1 heterocycles. The van der Waals surface area contributed by atoms with Gasteiger partial charge in [0.25, 0.3) is 15.9 Å². The third-order valence-electron chi connectivity index (χ3n) is 3.98. The highest BCUT2D eigenvalue weighted by atomic mass is 32.2. The zero-order valence-electron chi connectivity index (χ0n) is 13.2. The summed E-state index contributed by atoms with van der Waals surface area (Å²) in [5.74, 6) is -2.35. The van der Waals surface area contributed by atoms with Gasteiger partial charge in [-0.3, -0.25) is 9.52 Å². The molecule has 1 aliphatic rings. The van der Waals surface area contributed by atoms with Gasteiger partial charge in [-0.25, -0.2) is 17.2 Å². The van der Waals surface area contributed by atoms with Crippen molar-refractivity contribution >= 4 is 21.6 Å². The van der Waals surface area contributed by atoms with Gasteiger partial charge in [0.2, 0.25) is 0 Å². The lowest BCUT2D eigenvalue weighted by molar-refractivity contribution is 0.0794. The number of sulfonamides is 1. The molecule has 0 bridgehead atoms. The lowest BCUT2D eigenvalue weighted by Crippen LogP contribution is -2.29. The van der Waals surface area contributed by atoms with Gasteiger partial charge in [0.05, 0.1) is 11.3 Å². The number of halogens is 2. The van der Waals surface area contributed by atoms with Crippen molar-refractivity contribution < 1.29 is 22.0 Å². The molecule has 0 unspecified atom stereocenters. The molecule has 0 saturated carbocycles. The highest BCUT2D eigenvalue weighted by molar-refractivity contribution is 7.92. The molecule has 3 rings (SSSR count). The van der Waals surface area contributed by atoms with Crippen LogP contribution in [0.25, 0.3) is 0 Å². The number of nitrogens with one attached hydrogen (secondary N) is 1. The normalized spacial score (nSPS) is 14.6. The predicted octanol–water partition coefficient (Wildman–Crippen LogP) is 3.00. The van der Waals surface area contributed by atoms with Crippen molar-refractivity contribution in [2.24, 2.45) is 0 Å². The van der Waals surface area contributed by atoms with Gasteiger partial charge in [0.1, 0.15) is 16.5 Å². The summed E-state index contributed by atoms with van der Waals surface area (Å²) >= 11 is 0. The van der Waals surface area contributed by atoms with E-state index in [9.17, 15) is 22.0 Å². The van der Waals surface area contributed by atoms with Crippen LogP contribution >= 0.6 is 0 Å². The van der Waals surface area contributed by atoms with Crippen molar-refractivity contribution in [1.82, 2.24) is 4.90 Å². The molecule has 1 fully saturated rings. The first kappa shape index (κ1) is 17.3. The first-order chi connectivity index (χ1) is 11.9. The Bertz CT molecular complexity index is 910. The number of anilines is 1. The van der Waals surface area contributed by atoms with Crippen molar-refractivity contribution in [2.45, 2.75) is 17.7 Å². The minimum absolute atomic E-state index is 0.0584. The van der Waals surface area contributed by atoms with Crippen molar-refractivity contribution in [3.05, 3.63) is 59.7 Å². The van der Waals surface area contributed by atoms with Crippen LogP contribution in [0, 0.1) is 11.6 Å². The molecular weight excluding hydrogens is 350 g/mol. The van der Waals surface area contributed by atoms with Crippen molar-refractivity contribution in [3.8, 4) is 0 Å². The van der Waals surface area contributed by atoms with E-state index in [1.165, 1.54) is 12.1 Å². The van der Waals surface area contributed by atoms with Gasteiger partial charge in [-0.1, -0.05) is 12.1 Å². The smallest absolute Gasteiger partial charge is 0.264 e. The van der Waals surface area contributed by atoms with Crippen molar-refractivity contribution in [3.63, 3.8) is 0 Å². The van der Waals surface area contributed by atoms with Crippen LogP contribution in [0.15, 0.2) is 47.4 Å². The molecule has 25 heavy (non-hydrogen) atoms. The summed E-state index contributed by atoms with van der Waals surface area (Å²) < 4.78 is 53.9. The lowest BCUT2D eigenvalue weighted by Gasteiger charge is -2.18. The summed E-state index contributed by atoms with van der Waals surface area (Å²) in [6.07, 6.45) is 1.81. The molecule has 2 aromatic carbocycles. The second kappa shape index (κ2) is 6.79. The molecule has 1 saturated heterocycles. The molecule has 0 aliphatic carbocycles. The fourth-order valence-corrected chi connectivity index (χ4v) is 3.88. The number of nitrogens with zero attached hydrogens (tertiary/aromatic N) is 1. The number of rotatable bonds is 4. The standard InChI is InChI=1S/C17H16F2N2O3S/c18-12-7-8-16(14(19)11-12)25(23,24)20-15-6-2-1-5-13(15)17(22)21-9-3-4-10-21/h1-2,5-8,11,20H,3-4,9-10H2. The molecule has 132 valence electrons. The first-order valence-electron chi connectivity index (χ1n) is 7.75. The summed E-state index contributed by atoms with van der Waals surface area (Å²) in [6, 6.07) is 8.34. The van der Waals surface area contributed by atoms with Crippen LogP contribution < -0.4 is 4.72 Å². The minimum Gasteiger partial charge on any atom is -0.339 e. The number of carbonyl (C=O) groups is 1. The highest BCUT2D eigenvalue weighted by Gasteiger charge is 2.25. The molecule has 0 aromatic heterocycles. The molecule has 1 N–H and O–H groups in total. The Morgan fingerprint density at radius 1 is 1.04 bits per heavy atom. The van der Waals surface area contributed by atoms with Crippen LogP contribution in [-0.2, 0) is 10.0 Å². The first-order valence-corrected chi connectivity index (χ1v) is 9.23. The second-order valence-corrected chi connectivity index (χ2v) is 7.38. The van der Waals surface area contributed by atoms with Gasteiger partial charge in [0, 0.05) is 19.2 Å². The van der Waals surface area contributed by atoms with Gasteiger partial charge in [-0.2, -0.15) is 0 Å². The van der Waals surface area contributed by atoms with Crippen molar-refractivity contribution in [1.29, 1.82) is 0 Å². The van der Waals surface area contributed by atoms with E-state index in [1.54, 1.807) is 17.0 Å². The fourth-order valence-electron chi connectivity index (χ4n) is 2.74. The average Bonchev–Trinajstić information content (AvgIpc) is 3.08. The molecule has 0 spiro atoms. The molecule has 8 heteroatoms. The number of hydrogen-bond acceptors (Lipinski definition) is 3. The van der Waals surface area contributed by atoms with Gasteiger partial charge in [-0.05, 0) is 37.1 Å². The Balaban J connectivity index is 1.93. The highest BCUT2D eigenvalue weighted by Crippen LogP contribution is 2.24. The summed E-state index contributed by atoms with van der Waals surface area (Å²) in [4.78, 5) is 13.5. The number of carbonyl (C=O) groups excluding carboxylic acids is 1. The second-order valence-electron chi connectivity index (χ2n) is 5.73. The number of benzene rings is 2. The maximum Gasteiger partial charge on any atom is 0.264 e. The van der Waals surface area contributed by atoms with E-state index in [4.69, 9.17) is 0 Å². The number of amides is 1. The van der Waals surface area contributed by atoms with Crippen molar-refractivity contribution in [2.75, 3.05) is 17.8 Å². The zero-order valence-corrected chi connectivity index (χ0v) is 14.0. The topological polar surface area (TPSA) is 66.5 Å². The predicted molar refractivity (Wildman–Crippen MR) is 88.7 cm³/mol. The Kier molecular flexibility index (Phi) is 4.71. The summed E-state index contributed by atoms with van der Waals surface area (Å²) in [5.41, 5.74) is 0.249. The van der Waals surface area contributed by atoms with Crippen LogP contribution in [0.1, 0.15) is 23.2 Å². The lowest BCUT2D eigenvalue weighted by atomic mass is 10.1. The van der Waals surface area contributed by atoms with E-state index in [2.05, 4.69) is 4.72 Å². The molecule has 2 aromatic rings. The quantitative estimate of drug-likeness (QED) is 0.905. The van der Waals surface area contributed by atoms with E-state index >= 15 is 0 Å². The van der Waals surface area contributed by atoms with E-state index in [-0.39, 0.29) is 17.2 Å². The monoisotopic (exact) mass is 366 g/mol. The zero-order chi connectivity index (χ0) is 18.0. The molecule has 1 aliphatic heterocycles. The summed E-state index contributed by atoms with van der Waals surface area (Å²) in [5, 5.41) is 0. The molecule has 0 radical (unpaired) electrons. The van der Waals surface area contributed by atoms with E-state index in [0.717, 1.165) is 25.0 Å². The summed E-state index contributed by atoms with van der Waals surface area (Å²) in [6.45, 7) is 1.24. The van der Waals surface area contributed by atoms with Gasteiger partial charge < -0.3 is 4.90 Å². The van der Waals surface area contributed by atoms with Crippen LogP contribution in [-0.4, -0.2) is 32.3 Å². The third-order valence-corrected chi connectivity index (χ3v) is 5.38. The van der Waals surface area contributed by atoms with Crippen LogP contribution in [0.2, 0.25) is 0 Å². The molecule has 0 atom stereocenters. The number of hydrogen-bond donors (Lipinski definition) is 1. The van der Waals surface area contributed by atoms with E-state index in [0.29, 0.717) is 19.2 Å². The maximum absolute atomic E-state index is 13.8. The Labute approximate surface area is 144 Å². The summed E-state index contributed by atoms with van der Waals surface area (Å²) in [7, 11) is -4.30. The van der Waals surface area contributed by atoms with Gasteiger partial charge >= 0.3 is 0 Å². The Hall–Kier alpha value is -2.48. The van der Waals surface area contributed by atoms with E-state index in [1.807, 2.05) is 0 Å². The van der Waals surface area contributed by atoms with Gasteiger partial charge in [0.15, 0.2) is 0 Å². The molecular formula is C17H16F2N2O3S. The Morgan fingerprint density at radius 3 is 2.40 bits per heavy atom. The molecule has 5 nitrogen and oxygen atoms in total. The maximum atomic E-state index is 13.8. The van der Waals surface area contributed by atoms with Crippen LogP contribution in [0.5, 0.6) is 0 Å². The fraction of sp³-hybridized carbons (Fsp3) is 0.235. The number of para-hydroxylation sites is 1. The average molecular weight is 366 g/mol. The van der Waals surface area contributed by atoms with Crippen LogP contribution in [0.4, 0.5) is 14.5 Å². The van der Waals surface area contributed by atoms with Crippen LogP contribution in [0.3, 0.4) is 0 Å².